The van der Waals surface area contributed by atoms with Crippen molar-refractivity contribution < 1.29 is 14.5 Å². The molecular formula is C21H18ClN7O4. The summed E-state index contributed by atoms with van der Waals surface area (Å²) in [6.07, 6.45) is 3.10. The van der Waals surface area contributed by atoms with Crippen molar-refractivity contribution in [1.29, 1.82) is 0 Å². The molecule has 0 aliphatic carbocycles. The number of hydrogen-bond acceptors (Lipinski definition) is 7. The number of carbonyl (C=O) groups excluding carboxylic acids is 1. The van der Waals surface area contributed by atoms with Gasteiger partial charge in [0.05, 0.1) is 16.5 Å². The van der Waals surface area contributed by atoms with Crippen LogP contribution in [0.2, 0.25) is 5.02 Å². The Morgan fingerprint density at radius 1 is 1.18 bits per heavy atom. The van der Waals surface area contributed by atoms with E-state index in [9.17, 15) is 14.9 Å². The lowest BCUT2D eigenvalue weighted by molar-refractivity contribution is -0.384. The number of halogens is 1. The summed E-state index contributed by atoms with van der Waals surface area (Å²) in [5.41, 5.74) is 2.25. The number of nitrogens with zero attached hydrogens (tertiary/aromatic N) is 6. The highest BCUT2D eigenvalue weighted by Crippen LogP contribution is 2.28. The number of benzene rings is 2. The van der Waals surface area contributed by atoms with Crippen LogP contribution in [0.25, 0.3) is 0 Å². The Hall–Kier alpha value is -4.25. The van der Waals surface area contributed by atoms with E-state index >= 15 is 0 Å². The van der Waals surface area contributed by atoms with E-state index in [1.165, 1.54) is 28.9 Å². The van der Waals surface area contributed by atoms with E-state index in [4.69, 9.17) is 16.3 Å². The van der Waals surface area contributed by atoms with Crippen molar-refractivity contribution >= 4 is 29.1 Å². The van der Waals surface area contributed by atoms with Crippen LogP contribution in [0.5, 0.6) is 5.75 Å². The molecule has 168 valence electrons. The number of non-ortho nitro benzene ring substituents is 1. The molecule has 2 aromatic carbocycles. The fourth-order valence-corrected chi connectivity index (χ4v) is 3.20. The van der Waals surface area contributed by atoms with Gasteiger partial charge in [-0.3, -0.25) is 20.2 Å². The Morgan fingerprint density at radius 3 is 2.76 bits per heavy atom. The number of ether oxygens (including phenoxy) is 1. The zero-order valence-corrected chi connectivity index (χ0v) is 18.1. The lowest BCUT2D eigenvalue weighted by Crippen LogP contribution is -2.15. The summed E-state index contributed by atoms with van der Waals surface area (Å²) < 4.78 is 8.55. The smallest absolute Gasteiger partial charge is 0.278 e. The van der Waals surface area contributed by atoms with Crippen LogP contribution in [0, 0.1) is 17.0 Å². The van der Waals surface area contributed by atoms with Crippen LogP contribution in [-0.2, 0) is 13.3 Å². The normalized spacial score (nSPS) is 10.7. The summed E-state index contributed by atoms with van der Waals surface area (Å²) in [5, 5.41) is 21.9. The fourth-order valence-electron chi connectivity index (χ4n) is 2.97. The highest BCUT2D eigenvalue weighted by molar-refractivity contribution is 6.32. The third kappa shape index (κ3) is 5.33. The quantitative estimate of drug-likeness (QED) is 0.309. The molecule has 0 spiro atoms. The Morgan fingerprint density at radius 2 is 2.00 bits per heavy atom. The SMILES string of the molecule is Cc1ccccc1Cn1cnc(NC(=O)c2ccn(COc3ccc([N+](=O)[O-])cc3Cl)n2)n1. The molecule has 33 heavy (non-hydrogen) atoms. The highest BCUT2D eigenvalue weighted by atomic mass is 35.5. The van der Waals surface area contributed by atoms with E-state index in [2.05, 4.69) is 20.5 Å². The molecule has 2 aromatic heterocycles. The molecule has 0 aliphatic heterocycles. The maximum atomic E-state index is 12.5. The van der Waals surface area contributed by atoms with Crippen molar-refractivity contribution in [3.05, 3.63) is 93.0 Å². The number of nitrogens with one attached hydrogen (secondary N) is 1. The zero-order chi connectivity index (χ0) is 23.4. The summed E-state index contributed by atoms with van der Waals surface area (Å²) >= 11 is 6.01. The minimum atomic E-state index is -0.547. The van der Waals surface area contributed by atoms with Crippen molar-refractivity contribution in [2.45, 2.75) is 20.2 Å². The first-order valence-electron chi connectivity index (χ1n) is 9.74. The molecule has 2 heterocycles. The zero-order valence-electron chi connectivity index (χ0n) is 17.4. The lowest BCUT2D eigenvalue weighted by Gasteiger charge is -2.07. The second kappa shape index (κ2) is 9.49. The summed E-state index contributed by atoms with van der Waals surface area (Å²) in [6, 6.07) is 13.3. The van der Waals surface area contributed by atoms with Gasteiger partial charge in [0.15, 0.2) is 12.4 Å². The molecule has 0 saturated heterocycles. The molecule has 4 aromatic rings. The Labute approximate surface area is 192 Å². The third-order valence-corrected chi connectivity index (χ3v) is 5.00. The van der Waals surface area contributed by atoms with Crippen LogP contribution in [0.4, 0.5) is 11.6 Å². The number of aryl methyl sites for hydroxylation is 1. The average Bonchev–Trinajstić information content (AvgIpc) is 3.44. The van der Waals surface area contributed by atoms with Gasteiger partial charge in [-0.25, -0.2) is 14.3 Å². The maximum absolute atomic E-state index is 12.5. The number of aromatic nitrogens is 5. The number of amides is 1. The van der Waals surface area contributed by atoms with E-state index in [0.29, 0.717) is 6.54 Å². The summed E-state index contributed by atoms with van der Waals surface area (Å²) in [4.78, 5) is 26.8. The van der Waals surface area contributed by atoms with E-state index < -0.39 is 10.8 Å². The number of rotatable bonds is 8. The van der Waals surface area contributed by atoms with Gasteiger partial charge in [-0.15, -0.1) is 5.10 Å². The van der Waals surface area contributed by atoms with Gasteiger partial charge in [-0.2, -0.15) is 5.10 Å². The van der Waals surface area contributed by atoms with Crippen molar-refractivity contribution in [3.8, 4) is 5.75 Å². The van der Waals surface area contributed by atoms with E-state index in [1.54, 1.807) is 17.2 Å². The van der Waals surface area contributed by atoms with Crippen molar-refractivity contribution in [2.75, 3.05) is 5.32 Å². The van der Waals surface area contributed by atoms with Crippen molar-refractivity contribution in [2.24, 2.45) is 0 Å². The monoisotopic (exact) mass is 467 g/mol. The molecule has 11 nitrogen and oxygen atoms in total. The minimum absolute atomic E-state index is 0.0475. The molecule has 4 rings (SSSR count). The molecule has 0 bridgehead atoms. The fraction of sp³-hybridized carbons (Fsp3) is 0.143. The van der Waals surface area contributed by atoms with Gasteiger partial charge in [0.1, 0.15) is 12.1 Å². The van der Waals surface area contributed by atoms with Crippen molar-refractivity contribution in [1.82, 2.24) is 24.5 Å². The van der Waals surface area contributed by atoms with Crippen LogP contribution in [-0.4, -0.2) is 35.4 Å². The number of nitro benzene ring substituents is 1. The van der Waals surface area contributed by atoms with Gasteiger partial charge < -0.3 is 4.74 Å². The topological polar surface area (TPSA) is 130 Å². The lowest BCUT2D eigenvalue weighted by atomic mass is 10.1. The number of anilines is 1. The first-order valence-corrected chi connectivity index (χ1v) is 10.1. The second-order valence-corrected chi connectivity index (χ2v) is 7.44. The molecule has 0 atom stereocenters. The molecule has 1 amide bonds. The largest absolute Gasteiger partial charge is 0.470 e. The summed E-state index contributed by atoms with van der Waals surface area (Å²) in [7, 11) is 0. The highest BCUT2D eigenvalue weighted by Gasteiger charge is 2.14. The molecular weight excluding hydrogens is 450 g/mol. The van der Waals surface area contributed by atoms with Crippen molar-refractivity contribution in [3.63, 3.8) is 0 Å². The molecule has 1 N–H and O–H groups in total. The molecule has 0 unspecified atom stereocenters. The van der Waals surface area contributed by atoms with Gasteiger partial charge in [-0.1, -0.05) is 35.9 Å². The number of carbonyl (C=O) groups is 1. The van der Waals surface area contributed by atoms with Crippen LogP contribution in [0.3, 0.4) is 0 Å². The molecule has 12 heteroatoms. The Balaban J connectivity index is 1.34. The maximum Gasteiger partial charge on any atom is 0.278 e. The summed E-state index contributed by atoms with van der Waals surface area (Å²) in [5.74, 6) is -0.0556. The van der Waals surface area contributed by atoms with E-state index in [-0.39, 0.29) is 34.8 Å². The van der Waals surface area contributed by atoms with Gasteiger partial charge in [-0.05, 0) is 30.2 Å². The molecule has 0 aliphatic rings. The predicted octanol–water partition coefficient (Wildman–Crippen LogP) is 3.68. The van der Waals surface area contributed by atoms with E-state index in [0.717, 1.165) is 11.1 Å². The second-order valence-electron chi connectivity index (χ2n) is 7.03. The Bertz CT molecular complexity index is 1320. The van der Waals surface area contributed by atoms with Gasteiger partial charge in [0, 0.05) is 18.3 Å². The van der Waals surface area contributed by atoms with Gasteiger partial charge >= 0.3 is 0 Å². The molecule has 0 radical (unpaired) electrons. The van der Waals surface area contributed by atoms with Crippen LogP contribution < -0.4 is 10.1 Å². The minimum Gasteiger partial charge on any atom is -0.470 e. The predicted molar refractivity (Wildman–Crippen MR) is 119 cm³/mol. The van der Waals surface area contributed by atoms with Crippen LogP contribution >= 0.6 is 11.6 Å². The average molecular weight is 468 g/mol. The molecule has 0 saturated carbocycles. The van der Waals surface area contributed by atoms with Gasteiger partial charge in [0.2, 0.25) is 5.95 Å². The third-order valence-electron chi connectivity index (χ3n) is 4.71. The summed E-state index contributed by atoms with van der Waals surface area (Å²) in [6.45, 7) is 2.51. The number of hydrogen-bond donors (Lipinski definition) is 1. The first kappa shape index (κ1) is 22.0. The standard InChI is InChI=1S/C21H18ClN7O4/c1-14-4-2-3-5-15(14)11-28-12-23-21(26-28)24-20(30)18-8-9-27(25-18)13-33-19-7-6-16(29(31)32)10-17(19)22/h2-10,12H,11,13H2,1H3,(H,24,26,30). The van der Waals surface area contributed by atoms with E-state index in [1.807, 2.05) is 31.2 Å². The number of nitro groups is 1. The van der Waals surface area contributed by atoms with Gasteiger partial charge in [0.25, 0.3) is 11.6 Å². The van der Waals surface area contributed by atoms with Crippen LogP contribution in [0.15, 0.2) is 61.1 Å². The van der Waals surface area contributed by atoms with Crippen LogP contribution in [0.1, 0.15) is 21.6 Å². The molecule has 0 fully saturated rings. The first-order chi connectivity index (χ1) is 15.9. The Kier molecular flexibility index (Phi) is 6.31.